The van der Waals surface area contributed by atoms with Gasteiger partial charge in [-0.2, -0.15) is 0 Å². The number of aliphatic hydroxyl groups excluding tert-OH is 1. The summed E-state index contributed by atoms with van der Waals surface area (Å²) in [5.74, 6) is -1.21. The minimum absolute atomic E-state index is 0.0265. The summed E-state index contributed by atoms with van der Waals surface area (Å²) >= 11 is 0. The molecule has 0 aliphatic carbocycles. The highest BCUT2D eigenvalue weighted by Crippen LogP contribution is 2.19. The number of ether oxygens (including phenoxy) is 1. The topological polar surface area (TPSA) is 137 Å². The van der Waals surface area contributed by atoms with Crippen molar-refractivity contribution in [2.45, 2.75) is 45.8 Å². The second-order valence-electron chi connectivity index (χ2n) is 5.86. The molecule has 0 radical (unpaired) electrons. The molecule has 1 amide bonds. The number of β-amino-alcohol motifs (C(OH)–C–C–N with tert-alkyl or cyclic N) is 1. The van der Waals surface area contributed by atoms with Crippen molar-refractivity contribution in [3.05, 3.63) is 0 Å². The lowest BCUT2D eigenvalue weighted by atomic mass is 9.93. The van der Waals surface area contributed by atoms with Crippen LogP contribution in [0.4, 0.5) is 4.79 Å². The quantitative estimate of drug-likeness (QED) is 0.414. The van der Waals surface area contributed by atoms with Gasteiger partial charge in [0.25, 0.3) is 5.97 Å². The third-order valence-corrected chi connectivity index (χ3v) is 2.63. The van der Waals surface area contributed by atoms with Crippen molar-refractivity contribution in [1.82, 2.24) is 4.90 Å². The van der Waals surface area contributed by atoms with E-state index in [-0.39, 0.29) is 18.3 Å². The van der Waals surface area contributed by atoms with Crippen LogP contribution in [0.25, 0.3) is 0 Å². The summed E-state index contributed by atoms with van der Waals surface area (Å²) in [4.78, 5) is 22.2. The van der Waals surface area contributed by atoms with E-state index in [4.69, 9.17) is 25.8 Å². The number of aliphatic carboxylic acids is 1. The highest BCUT2D eigenvalue weighted by Gasteiger charge is 2.33. The van der Waals surface area contributed by atoms with E-state index in [1.54, 1.807) is 20.8 Å². The van der Waals surface area contributed by atoms with Crippen LogP contribution in [0.1, 0.15) is 34.1 Å². The molecular weight excluding hydrogens is 278 g/mol. The molecule has 122 valence electrons. The van der Waals surface area contributed by atoms with Crippen LogP contribution in [0, 0.1) is 11.3 Å². The number of carboxylic acid groups (broad SMARTS) is 1. The average Bonchev–Trinajstić information content (AvgIpc) is 2.25. The summed E-state index contributed by atoms with van der Waals surface area (Å²) in [6.07, 6.45) is -0.720. The molecule has 1 fully saturated rings. The van der Waals surface area contributed by atoms with Gasteiger partial charge in [-0.1, -0.05) is 0 Å². The number of hydrogen-bond acceptors (Lipinski definition) is 5. The molecule has 8 heteroatoms. The number of piperidine rings is 1. The number of amides is 1. The fourth-order valence-corrected chi connectivity index (χ4v) is 1.79. The van der Waals surface area contributed by atoms with Crippen molar-refractivity contribution in [1.29, 1.82) is 5.41 Å². The predicted molar refractivity (Wildman–Crippen MR) is 77.1 cm³/mol. The maximum Gasteiger partial charge on any atom is 0.410 e. The van der Waals surface area contributed by atoms with Gasteiger partial charge in [0.2, 0.25) is 0 Å². The Morgan fingerprint density at radius 1 is 1.38 bits per heavy atom. The molecule has 8 nitrogen and oxygen atoms in total. The van der Waals surface area contributed by atoms with Crippen molar-refractivity contribution < 1.29 is 24.5 Å². The van der Waals surface area contributed by atoms with E-state index >= 15 is 0 Å². The first-order valence-electron chi connectivity index (χ1n) is 6.63. The Morgan fingerprint density at radius 3 is 2.19 bits per heavy atom. The Hall–Kier alpha value is -1.83. The monoisotopic (exact) mass is 303 g/mol. The molecule has 0 aromatic rings. The molecule has 1 aliphatic heterocycles. The average molecular weight is 303 g/mol. The molecular formula is C13H25N3O5. The number of carboxylic acids is 1. The zero-order valence-corrected chi connectivity index (χ0v) is 12.9. The Morgan fingerprint density at radius 2 is 1.86 bits per heavy atom. The number of aliphatic hydroxyl groups is 1. The second kappa shape index (κ2) is 7.82. The lowest BCUT2D eigenvalue weighted by Crippen LogP contribution is -2.51. The van der Waals surface area contributed by atoms with Crippen molar-refractivity contribution in [2.75, 3.05) is 13.1 Å². The van der Waals surface area contributed by atoms with Gasteiger partial charge in [0.1, 0.15) is 5.60 Å². The third-order valence-electron chi connectivity index (χ3n) is 2.63. The molecule has 21 heavy (non-hydrogen) atoms. The summed E-state index contributed by atoms with van der Waals surface area (Å²) in [6, 6.07) is 0. The smallest absolute Gasteiger partial charge is 0.410 e. The number of likely N-dealkylation sites (tertiary alicyclic amines) is 1. The first-order chi connectivity index (χ1) is 9.44. The van der Waals surface area contributed by atoms with E-state index in [9.17, 15) is 9.90 Å². The summed E-state index contributed by atoms with van der Waals surface area (Å²) in [7, 11) is 0. The van der Waals surface area contributed by atoms with Crippen molar-refractivity contribution in [2.24, 2.45) is 11.7 Å². The van der Waals surface area contributed by atoms with Gasteiger partial charge >= 0.3 is 6.09 Å². The SMILES string of the molecule is CC(=O)O.CC(C)(C)OC(=O)N1CCC(C(=N)N)C(O)C1. The number of carbonyl (C=O) groups excluding carboxylic acids is 1. The molecule has 2 atom stereocenters. The van der Waals surface area contributed by atoms with Crippen molar-refractivity contribution in [3.63, 3.8) is 0 Å². The van der Waals surface area contributed by atoms with Crippen LogP contribution in [-0.4, -0.2) is 57.8 Å². The largest absolute Gasteiger partial charge is 0.481 e. The first kappa shape index (κ1) is 19.2. The summed E-state index contributed by atoms with van der Waals surface area (Å²) < 4.78 is 5.21. The molecule has 1 heterocycles. The lowest BCUT2D eigenvalue weighted by molar-refractivity contribution is -0.134. The van der Waals surface area contributed by atoms with E-state index in [0.717, 1.165) is 6.92 Å². The van der Waals surface area contributed by atoms with Gasteiger partial charge in [0.05, 0.1) is 18.5 Å². The van der Waals surface area contributed by atoms with E-state index in [0.29, 0.717) is 13.0 Å². The van der Waals surface area contributed by atoms with Crippen LogP contribution in [0.2, 0.25) is 0 Å². The van der Waals surface area contributed by atoms with Crippen molar-refractivity contribution >= 4 is 17.9 Å². The standard InChI is InChI=1S/C11H21N3O3.C2H4O2/c1-11(2,3)17-10(16)14-5-4-7(9(12)13)8(15)6-14;1-2(3)4/h7-8,15H,4-6H2,1-3H3,(H3,12,13);1H3,(H,3,4). The maximum absolute atomic E-state index is 11.7. The predicted octanol–water partition coefficient (Wildman–Crippen LogP) is 0.631. The van der Waals surface area contributed by atoms with E-state index < -0.39 is 23.8 Å². The highest BCUT2D eigenvalue weighted by molar-refractivity contribution is 5.80. The first-order valence-corrected chi connectivity index (χ1v) is 6.63. The molecule has 1 aliphatic rings. The number of rotatable bonds is 1. The Bertz CT molecular complexity index is 388. The molecule has 2 unspecified atom stereocenters. The normalized spacial score (nSPS) is 21.9. The highest BCUT2D eigenvalue weighted by atomic mass is 16.6. The summed E-state index contributed by atoms with van der Waals surface area (Å²) in [5.41, 5.74) is 4.83. The minimum Gasteiger partial charge on any atom is -0.481 e. The number of carbonyl (C=O) groups is 2. The van der Waals surface area contributed by atoms with Crippen LogP contribution < -0.4 is 5.73 Å². The zero-order valence-electron chi connectivity index (χ0n) is 12.9. The molecule has 1 rings (SSSR count). The number of nitrogens with zero attached hydrogens (tertiary/aromatic N) is 1. The second-order valence-corrected chi connectivity index (χ2v) is 5.86. The summed E-state index contributed by atoms with van der Waals surface area (Å²) in [5, 5.41) is 24.5. The van der Waals surface area contributed by atoms with Gasteiger partial charge in [0.15, 0.2) is 0 Å². The van der Waals surface area contributed by atoms with Gasteiger partial charge in [-0.3, -0.25) is 10.2 Å². The molecule has 0 aromatic carbocycles. The van der Waals surface area contributed by atoms with Gasteiger partial charge in [0, 0.05) is 19.4 Å². The van der Waals surface area contributed by atoms with E-state index in [1.165, 1.54) is 4.90 Å². The molecule has 1 saturated heterocycles. The van der Waals surface area contributed by atoms with Crippen LogP contribution in [0.5, 0.6) is 0 Å². The third kappa shape index (κ3) is 8.13. The van der Waals surface area contributed by atoms with Crippen molar-refractivity contribution in [3.8, 4) is 0 Å². The van der Waals surface area contributed by atoms with Gasteiger partial charge in [-0.05, 0) is 27.2 Å². The molecule has 0 saturated carbocycles. The summed E-state index contributed by atoms with van der Waals surface area (Å²) in [6.45, 7) is 7.09. The Kier molecular flexibility index (Phi) is 7.14. The van der Waals surface area contributed by atoms with Gasteiger partial charge in [-0.15, -0.1) is 0 Å². The Balaban J connectivity index is 0.000000885. The molecule has 5 N–H and O–H groups in total. The van der Waals surface area contributed by atoms with Gasteiger partial charge in [-0.25, -0.2) is 4.79 Å². The Labute approximate surface area is 124 Å². The molecule has 0 spiro atoms. The number of nitrogens with one attached hydrogen (secondary N) is 1. The zero-order chi connectivity index (χ0) is 16.8. The number of hydrogen-bond donors (Lipinski definition) is 4. The van der Waals surface area contributed by atoms with Crippen LogP contribution in [0.15, 0.2) is 0 Å². The van der Waals surface area contributed by atoms with Crippen LogP contribution in [-0.2, 0) is 9.53 Å². The van der Waals surface area contributed by atoms with E-state index in [1.807, 2.05) is 0 Å². The fraction of sp³-hybridized carbons (Fsp3) is 0.769. The molecule has 0 bridgehead atoms. The maximum atomic E-state index is 11.7. The van der Waals surface area contributed by atoms with E-state index in [2.05, 4.69) is 0 Å². The van der Waals surface area contributed by atoms with Crippen LogP contribution in [0.3, 0.4) is 0 Å². The fourth-order valence-electron chi connectivity index (χ4n) is 1.79. The van der Waals surface area contributed by atoms with Crippen LogP contribution >= 0.6 is 0 Å². The number of amidine groups is 1. The molecule has 0 aromatic heterocycles. The minimum atomic E-state index is -0.833. The van der Waals surface area contributed by atoms with Gasteiger partial charge < -0.3 is 25.6 Å². The lowest BCUT2D eigenvalue weighted by Gasteiger charge is -2.36. The number of nitrogens with two attached hydrogens (primary N) is 1.